The molecule has 3 heterocycles. The smallest absolute Gasteiger partial charge is 0.381 e. The number of nitrogens with two attached hydrogens (primary N) is 1. The van der Waals surface area contributed by atoms with E-state index in [-0.39, 0.29) is 17.0 Å². The molecule has 0 aromatic carbocycles. The quantitative estimate of drug-likeness (QED) is 0.316. The van der Waals surface area contributed by atoms with Crippen molar-refractivity contribution in [2.45, 2.75) is 23.8 Å². The van der Waals surface area contributed by atoms with Gasteiger partial charge in [-0.1, -0.05) is 0 Å². The molecule has 0 amide bonds. The third-order valence-corrected chi connectivity index (χ3v) is 5.14. The van der Waals surface area contributed by atoms with Crippen LogP contribution in [0.15, 0.2) is 12.7 Å². The summed E-state index contributed by atoms with van der Waals surface area (Å²) in [4.78, 5) is 31.0. The average molecular weight is 347 g/mol. The maximum Gasteiger partial charge on any atom is 0.381 e. The number of ether oxygens (including phenoxy) is 1. The molecule has 0 bridgehead atoms. The Bertz CT molecular complexity index is 793. The number of rotatable bonds is 3. The minimum absolute atomic E-state index is 0.0399. The molecule has 1 aliphatic rings. The number of fused-ring (bicyclic) bond motifs is 1. The molecule has 0 saturated carbocycles. The minimum atomic E-state index is -5.22. The Morgan fingerprint density at radius 2 is 2.04 bits per heavy atom. The number of aliphatic hydroxyl groups excluding tert-OH is 3. The van der Waals surface area contributed by atoms with Gasteiger partial charge in [-0.2, -0.15) is 0 Å². The van der Waals surface area contributed by atoms with Crippen LogP contribution in [-0.2, 0) is 14.8 Å². The number of aromatic nitrogens is 4. The first-order valence-electron chi connectivity index (χ1n) is 6.38. The predicted octanol–water partition coefficient (Wildman–Crippen LogP) is -2.69. The van der Waals surface area contributed by atoms with Gasteiger partial charge < -0.3 is 35.6 Å². The predicted molar refractivity (Wildman–Crippen MR) is 73.7 cm³/mol. The average Bonchev–Trinajstić information content (AvgIpc) is 3.01. The first-order valence-corrected chi connectivity index (χ1v) is 7.99. The van der Waals surface area contributed by atoms with Crippen molar-refractivity contribution < 1.29 is 34.4 Å². The van der Waals surface area contributed by atoms with Gasteiger partial charge in [0.25, 0.3) is 5.47 Å². The van der Waals surface area contributed by atoms with E-state index in [4.69, 9.17) is 10.5 Å². The van der Waals surface area contributed by atoms with Gasteiger partial charge in [0.2, 0.25) is 0 Å². The summed E-state index contributed by atoms with van der Waals surface area (Å²) in [5.74, 6) is -0.0404. The molecule has 0 spiro atoms. The Morgan fingerprint density at radius 1 is 1.35 bits per heavy atom. The molecule has 2 aromatic heterocycles. The maximum absolute atomic E-state index is 12.1. The molecule has 3 rings (SSSR count). The molecule has 4 unspecified atom stereocenters. The lowest BCUT2D eigenvalue weighted by molar-refractivity contribution is -0.0985. The van der Waals surface area contributed by atoms with Crippen molar-refractivity contribution in [3.05, 3.63) is 12.7 Å². The number of aliphatic hydroxyl groups is 3. The molecule has 12 nitrogen and oxygen atoms in total. The topological polar surface area (TPSA) is 197 Å². The van der Waals surface area contributed by atoms with Gasteiger partial charge in [0.1, 0.15) is 36.5 Å². The third kappa shape index (κ3) is 2.08. The molecule has 0 radical (unpaired) electrons. The lowest BCUT2D eigenvalue weighted by atomic mass is 10.1. The normalized spacial score (nSPS) is 31.8. The summed E-state index contributed by atoms with van der Waals surface area (Å²) >= 11 is 0. The highest BCUT2D eigenvalue weighted by molar-refractivity contribution is 7.52. The second-order valence-corrected chi connectivity index (χ2v) is 6.75. The molecule has 1 fully saturated rings. The van der Waals surface area contributed by atoms with Crippen molar-refractivity contribution in [1.29, 1.82) is 0 Å². The van der Waals surface area contributed by atoms with Crippen LogP contribution in [-0.4, -0.2) is 69.5 Å². The van der Waals surface area contributed by atoms with Gasteiger partial charge in [-0.15, -0.1) is 0 Å². The summed E-state index contributed by atoms with van der Waals surface area (Å²) < 4.78 is 18.1. The van der Waals surface area contributed by atoms with Crippen LogP contribution in [0.25, 0.3) is 11.2 Å². The lowest BCUT2D eigenvalue weighted by Crippen LogP contribution is -2.45. The van der Waals surface area contributed by atoms with Gasteiger partial charge in [0.15, 0.2) is 11.5 Å². The summed E-state index contributed by atoms with van der Waals surface area (Å²) in [7, 11) is -5.22. The van der Waals surface area contributed by atoms with Gasteiger partial charge >= 0.3 is 7.60 Å². The summed E-state index contributed by atoms with van der Waals surface area (Å²) in [6, 6.07) is 0. The lowest BCUT2D eigenvalue weighted by Gasteiger charge is -2.33. The van der Waals surface area contributed by atoms with Gasteiger partial charge in [-0.05, 0) is 0 Å². The number of nitrogen functional groups attached to an aromatic ring is 1. The summed E-state index contributed by atoms with van der Waals surface area (Å²) in [6.45, 7) is -0.760. The van der Waals surface area contributed by atoms with E-state index in [2.05, 4.69) is 15.0 Å². The third-order valence-electron chi connectivity index (χ3n) is 3.72. The second kappa shape index (κ2) is 5.18. The number of hydrogen-bond acceptors (Lipinski definition) is 9. The molecule has 126 valence electrons. The van der Waals surface area contributed by atoms with Gasteiger partial charge in [0.05, 0.1) is 6.61 Å². The highest BCUT2D eigenvalue weighted by Crippen LogP contribution is 2.61. The van der Waals surface area contributed by atoms with Crippen molar-refractivity contribution in [1.82, 2.24) is 19.5 Å². The molecule has 23 heavy (non-hydrogen) atoms. The first-order chi connectivity index (χ1) is 10.7. The standard InChI is InChI=1S/C10H14N5O7P/c11-8-5-9(13-2-12-8)15(3-14-5)10(23(19,20)21)7(18)6(17)4(1-16)22-10/h2-4,6-7,16-18H,1H2,(H2,11,12,13)(H2,19,20,21). The fourth-order valence-electron chi connectivity index (χ4n) is 2.60. The zero-order chi connectivity index (χ0) is 17.0. The molecule has 1 saturated heterocycles. The number of imidazole rings is 1. The fourth-order valence-corrected chi connectivity index (χ4v) is 3.80. The monoisotopic (exact) mass is 347 g/mol. The van der Waals surface area contributed by atoms with E-state index in [1.165, 1.54) is 0 Å². The molecule has 7 N–H and O–H groups in total. The first kappa shape index (κ1) is 16.2. The van der Waals surface area contributed by atoms with E-state index >= 15 is 0 Å². The van der Waals surface area contributed by atoms with Crippen molar-refractivity contribution in [2.24, 2.45) is 0 Å². The summed E-state index contributed by atoms with van der Waals surface area (Å²) in [5, 5.41) is 29.3. The Kier molecular flexibility index (Phi) is 3.65. The van der Waals surface area contributed by atoms with Gasteiger partial charge in [0, 0.05) is 0 Å². The SMILES string of the molecule is Nc1ncnc2c1ncn2C1(P(=O)(O)O)OC(CO)C(O)C1O. The van der Waals surface area contributed by atoms with Crippen molar-refractivity contribution in [3.63, 3.8) is 0 Å². The van der Waals surface area contributed by atoms with Crippen LogP contribution in [0.1, 0.15) is 0 Å². The van der Waals surface area contributed by atoms with Crippen LogP contribution in [0.2, 0.25) is 0 Å². The van der Waals surface area contributed by atoms with Crippen LogP contribution in [0, 0.1) is 0 Å². The van der Waals surface area contributed by atoms with E-state index in [9.17, 15) is 29.7 Å². The van der Waals surface area contributed by atoms with Crippen LogP contribution in [0.3, 0.4) is 0 Å². The highest BCUT2D eigenvalue weighted by atomic mass is 31.2. The highest BCUT2D eigenvalue weighted by Gasteiger charge is 2.66. The van der Waals surface area contributed by atoms with Gasteiger partial charge in [-0.25, -0.2) is 15.0 Å². The van der Waals surface area contributed by atoms with Crippen molar-refractivity contribution >= 4 is 24.6 Å². The molecular formula is C10H14N5O7P. The molecular weight excluding hydrogens is 333 g/mol. The largest absolute Gasteiger partial charge is 0.394 e. The van der Waals surface area contributed by atoms with Crippen LogP contribution < -0.4 is 5.73 Å². The molecule has 4 atom stereocenters. The molecule has 1 aliphatic heterocycles. The second-order valence-electron chi connectivity index (χ2n) is 5.02. The van der Waals surface area contributed by atoms with E-state index < -0.39 is 38.0 Å². The molecule has 0 aliphatic carbocycles. The van der Waals surface area contributed by atoms with E-state index in [1.807, 2.05) is 0 Å². The number of nitrogens with zero attached hydrogens (tertiary/aromatic N) is 4. The Morgan fingerprint density at radius 3 is 2.61 bits per heavy atom. The molecule has 2 aromatic rings. The van der Waals surface area contributed by atoms with E-state index in [0.29, 0.717) is 0 Å². The van der Waals surface area contributed by atoms with E-state index in [1.54, 1.807) is 0 Å². The molecule has 13 heteroatoms. The van der Waals surface area contributed by atoms with Gasteiger partial charge in [-0.3, -0.25) is 9.13 Å². The summed E-state index contributed by atoms with van der Waals surface area (Å²) in [5.41, 5.74) is 2.86. The number of anilines is 1. The van der Waals surface area contributed by atoms with Crippen molar-refractivity contribution in [3.8, 4) is 0 Å². The summed E-state index contributed by atoms with van der Waals surface area (Å²) in [6.07, 6.45) is -3.18. The van der Waals surface area contributed by atoms with E-state index in [0.717, 1.165) is 17.2 Å². The Hall–Kier alpha value is -1.66. The fraction of sp³-hybridized carbons (Fsp3) is 0.500. The Labute approximate surface area is 128 Å². The van der Waals surface area contributed by atoms with Crippen LogP contribution in [0.4, 0.5) is 5.82 Å². The van der Waals surface area contributed by atoms with Crippen LogP contribution in [0.5, 0.6) is 0 Å². The zero-order valence-corrected chi connectivity index (χ0v) is 12.4. The van der Waals surface area contributed by atoms with Crippen LogP contribution >= 0.6 is 7.60 Å². The minimum Gasteiger partial charge on any atom is -0.394 e. The Balaban J connectivity index is 2.30. The number of hydrogen-bond donors (Lipinski definition) is 6. The van der Waals surface area contributed by atoms with Crippen molar-refractivity contribution in [2.75, 3.05) is 12.3 Å². The zero-order valence-electron chi connectivity index (χ0n) is 11.5. The maximum atomic E-state index is 12.1.